The summed E-state index contributed by atoms with van der Waals surface area (Å²) in [6.45, 7) is 6.73. The Balaban J connectivity index is 1.41. The van der Waals surface area contributed by atoms with Gasteiger partial charge in [0.25, 0.3) is 15.9 Å². The highest BCUT2D eigenvalue weighted by Crippen LogP contribution is 2.33. The fourth-order valence-corrected chi connectivity index (χ4v) is 6.68. The molecular weight excluding hydrogens is 546 g/mol. The van der Waals surface area contributed by atoms with Gasteiger partial charge in [-0.1, -0.05) is 61.0 Å². The van der Waals surface area contributed by atoms with E-state index in [2.05, 4.69) is 47.3 Å². The number of carbonyl (C=O) groups is 1. The molecule has 0 radical (unpaired) electrons. The van der Waals surface area contributed by atoms with Gasteiger partial charge in [0, 0.05) is 22.3 Å². The average molecular weight is 573 g/mol. The third kappa shape index (κ3) is 5.42. The summed E-state index contributed by atoms with van der Waals surface area (Å²) in [5, 5.41) is 5.72. The molecule has 3 aromatic rings. The van der Waals surface area contributed by atoms with E-state index in [9.17, 15) is 13.2 Å². The van der Waals surface area contributed by atoms with E-state index >= 15 is 0 Å². The molecule has 0 saturated carbocycles. The summed E-state index contributed by atoms with van der Waals surface area (Å²) in [7, 11) is -3.67. The van der Waals surface area contributed by atoms with E-state index in [4.69, 9.17) is 12.2 Å². The van der Waals surface area contributed by atoms with Crippen molar-refractivity contribution in [3.63, 3.8) is 0 Å². The van der Waals surface area contributed by atoms with E-state index in [0.29, 0.717) is 24.2 Å². The molecule has 0 aromatic heterocycles. The summed E-state index contributed by atoms with van der Waals surface area (Å²) < 4.78 is 28.6. The number of anilines is 2. The number of rotatable bonds is 4. The topological polar surface area (TPSA) is 78.5 Å². The summed E-state index contributed by atoms with van der Waals surface area (Å²) in [5.74, 6) is -0.337. The van der Waals surface area contributed by atoms with E-state index in [0.717, 1.165) is 21.3 Å². The van der Waals surface area contributed by atoms with Crippen molar-refractivity contribution in [1.82, 2.24) is 5.32 Å². The molecule has 182 valence electrons. The van der Waals surface area contributed by atoms with Crippen LogP contribution in [0.2, 0.25) is 0 Å². The number of sulfonamides is 1. The number of hydrogen-bond donors (Lipinski definition) is 2. The Bertz CT molecular complexity index is 1400. The summed E-state index contributed by atoms with van der Waals surface area (Å²) in [4.78, 5) is 12.8. The molecule has 1 aliphatic rings. The highest BCUT2D eigenvalue weighted by atomic mass is 79.9. The first-order chi connectivity index (χ1) is 16.5. The summed E-state index contributed by atoms with van der Waals surface area (Å²) in [5.41, 5.74) is 3.84. The van der Waals surface area contributed by atoms with Crippen molar-refractivity contribution in [2.45, 2.75) is 37.5 Å². The van der Waals surface area contributed by atoms with Crippen LogP contribution in [0.3, 0.4) is 0 Å². The first-order valence-corrected chi connectivity index (χ1v) is 13.7. The van der Waals surface area contributed by atoms with Crippen molar-refractivity contribution in [3.8, 4) is 0 Å². The van der Waals surface area contributed by atoms with E-state index in [1.54, 1.807) is 24.3 Å². The van der Waals surface area contributed by atoms with Gasteiger partial charge >= 0.3 is 0 Å². The Labute approximate surface area is 219 Å². The van der Waals surface area contributed by atoms with Gasteiger partial charge in [-0.3, -0.25) is 14.4 Å². The van der Waals surface area contributed by atoms with E-state index in [-0.39, 0.29) is 21.3 Å². The highest BCUT2D eigenvalue weighted by Gasteiger charge is 2.30. The lowest BCUT2D eigenvalue weighted by Gasteiger charge is -2.21. The van der Waals surface area contributed by atoms with Crippen molar-refractivity contribution in [2.75, 3.05) is 16.2 Å². The zero-order valence-electron chi connectivity index (χ0n) is 19.6. The minimum absolute atomic E-state index is 0.0531. The molecule has 3 aromatic carbocycles. The van der Waals surface area contributed by atoms with Crippen LogP contribution in [0.4, 0.5) is 11.4 Å². The molecule has 0 saturated heterocycles. The second kappa shape index (κ2) is 9.72. The van der Waals surface area contributed by atoms with Gasteiger partial charge < -0.3 is 5.32 Å². The van der Waals surface area contributed by atoms with Crippen LogP contribution in [0.1, 0.15) is 42.3 Å². The first-order valence-electron chi connectivity index (χ1n) is 11.1. The van der Waals surface area contributed by atoms with Crippen LogP contribution in [-0.2, 0) is 21.9 Å². The van der Waals surface area contributed by atoms with E-state index < -0.39 is 10.0 Å². The lowest BCUT2D eigenvalue weighted by molar-refractivity contribution is 0.0977. The van der Waals surface area contributed by atoms with Crippen LogP contribution in [0.25, 0.3) is 0 Å². The Morgan fingerprint density at radius 1 is 1.03 bits per heavy atom. The number of fused-ring (bicyclic) bond motifs is 1. The average Bonchev–Trinajstić information content (AvgIpc) is 3.23. The first kappa shape index (κ1) is 25.3. The Hall–Kier alpha value is -2.75. The molecule has 6 nitrogen and oxygen atoms in total. The van der Waals surface area contributed by atoms with Crippen LogP contribution >= 0.6 is 28.1 Å². The lowest BCUT2D eigenvalue weighted by Crippen LogP contribution is -2.34. The van der Waals surface area contributed by atoms with Gasteiger partial charge in [0.1, 0.15) is 0 Å². The van der Waals surface area contributed by atoms with Gasteiger partial charge in [0.2, 0.25) is 0 Å². The molecular formula is C26H26BrN3O3S2. The number of amides is 1. The molecule has 0 spiro atoms. The number of hydrogen-bond acceptors (Lipinski definition) is 4. The highest BCUT2D eigenvalue weighted by molar-refractivity contribution is 9.10. The Morgan fingerprint density at radius 2 is 1.71 bits per heavy atom. The predicted octanol–water partition coefficient (Wildman–Crippen LogP) is 5.62. The maximum absolute atomic E-state index is 13.2. The van der Waals surface area contributed by atoms with Gasteiger partial charge in [-0.15, -0.1) is 0 Å². The van der Waals surface area contributed by atoms with Crippen molar-refractivity contribution >= 4 is 60.6 Å². The minimum atomic E-state index is -3.67. The molecule has 0 aliphatic carbocycles. The van der Waals surface area contributed by atoms with Crippen LogP contribution in [0, 0.1) is 0 Å². The van der Waals surface area contributed by atoms with Gasteiger partial charge in [-0.2, -0.15) is 0 Å². The third-order valence-electron chi connectivity index (χ3n) is 5.81. The molecule has 2 N–H and O–H groups in total. The number of nitrogens with one attached hydrogen (secondary N) is 2. The fraction of sp³-hybridized carbons (Fsp3) is 0.231. The second-order valence-electron chi connectivity index (χ2n) is 9.33. The predicted molar refractivity (Wildman–Crippen MR) is 148 cm³/mol. The van der Waals surface area contributed by atoms with Gasteiger partial charge in [-0.25, -0.2) is 8.42 Å². The molecule has 35 heavy (non-hydrogen) atoms. The third-order valence-corrected chi connectivity index (χ3v) is 8.50. The standard InChI is InChI=1S/C26H26BrN3O3S2/c1-26(2,3)21-13-8-18(16-22(21)27)24(31)29-25(34)28-19-9-11-20(12-10-19)35(32,33)30-15-14-17-6-4-5-7-23(17)30/h4-13,16H,14-15H2,1-3H3,(H2,28,29,31,34). The number of carbonyl (C=O) groups excluding carboxylic acids is 1. The molecule has 9 heteroatoms. The summed E-state index contributed by atoms with van der Waals surface area (Å²) in [6.07, 6.45) is 0.693. The molecule has 0 unspecified atom stereocenters. The second-order valence-corrected chi connectivity index (χ2v) is 12.5. The monoisotopic (exact) mass is 571 g/mol. The van der Waals surface area contributed by atoms with Gasteiger partial charge in [-0.05, 0) is 77.6 Å². The van der Waals surface area contributed by atoms with Crippen molar-refractivity contribution in [2.24, 2.45) is 0 Å². The van der Waals surface area contributed by atoms with Crippen LogP contribution < -0.4 is 14.9 Å². The molecule has 1 heterocycles. The SMILES string of the molecule is CC(C)(C)c1ccc(C(=O)NC(=S)Nc2ccc(S(=O)(=O)N3CCc4ccccc43)cc2)cc1Br. The number of nitrogens with zero attached hydrogens (tertiary/aromatic N) is 1. The molecule has 0 atom stereocenters. The fourth-order valence-electron chi connectivity index (χ4n) is 4.00. The normalized spacial score (nSPS) is 13.3. The van der Waals surface area contributed by atoms with Gasteiger partial charge in [0.15, 0.2) is 5.11 Å². The maximum atomic E-state index is 13.2. The largest absolute Gasteiger partial charge is 0.332 e. The smallest absolute Gasteiger partial charge is 0.264 e. The van der Waals surface area contributed by atoms with Crippen molar-refractivity contribution < 1.29 is 13.2 Å². The zero-order valence-corrected chi connectivity index (χ0v) is 22.9. The number of benzene rings is 3. The molecule has 1 amide bonds. The van der Waals surface area contributed by atoms with Crippen LogP contribution in [0.5, 0.6) is 0 Å². The van der Waals surface area contributed by atoms with E-state index in [1.165, 1.54) is 16.4 Å². The van der Waals surface area contributed by atoms with Crippen molar-refractivity contribution in [1.29, 1.82) is 0 Å². The van der Waals surface area contributed by atoms with Gasteiger partial charge in [0.05, 0.1) is 10.6 Å². The maximum Gasteiger partial charge on any atom is 0.264 e. The molecule has 1 aliphatic heterocycles. The molecule has 0 fully saturated rings. The number of halogens is 1. The van der Waals surface area contributed by atoms with E-state index in [1.807, 2.05) is 30.3 Å². The minimum Gasteiger partial charge on any atom is -0.332 e. The lowest BCUT2D eigenvalue weighted by atomic mass is 9.86. The Kier molecular flexibility index (Phi) is 7.04. The summed E-state index contributed by atoms with van der Waals surface area (Å²) >= 11 is 8.83. The number of thiocarbonyl (C=S) groups is 1. The van der Waals surface area contributed by atoms with Crippen molar-refractivity contribution in [3.05, 3.63) is 87.9 Å². The molecule has 4 rings (SSSR count). The molecule has 0 bridgehead atoms. The van der Waals surface area contributed by atoms with Crippen LogP contribution in [0.15, 0.2) is 76.1 Å². The zero-order chi connectivity index (χ0) is 25.4. The Morgan fingerprint density at radius 3 is 2.37 bits per heavy atom. The number of para-hydroxylation sites is 1. The summed E-state index contributed by atoms with van der Waals surface area (Å²) in [6, 6.07) is 19.3. The quantitative estimate of drug-likeness (QED) is 0.397. The van der Waals surface area contributed by atoms with Crippen LogP contribution in [-0.4, -0.2) is 26.0 Å².